The Morgan fingerprint density at radius 3 is 2.91 bits per heavy atom. The molecule has 2 N–H and O–H groups in total. The van der Waals surface area contributed by atoms with Crippen LogP contribution < -0.4 is 4.74 Å². The number of aromatic amines is 1. The second kappa shape index (κ2) is 7.46. The third-order valence-electron chi connectivity index (χ3n) is 2.74. The van der Waals surface area contributed by atoms with E-state index in [1.54, 1.807) is 18.2 Å². The fraction of sp³-hybridized carbons (Fsp3) is 0.214. The SMILES string of the molecule is CCc1nc(S/C(=C\c2cc(Br)ccc2OC)C(=O)O)n[nH]1. The predicted molar refractivity (Wildman–Crippen MR) is 87.9 cm³/mol. The zero-order valence-corrected chi connectivity index (χ0v) is 14.4. The average molecular weight is 384 g/mol. The number of methoxy groups -OCH3 is 1. The molecule has 0 fully saturated rings. The number of rotatable bonds is 6. The van der Waals surface area contributed by atoms with E-state index in [0.717, 1.165) is 16.2 Å². The first kappa shape index (κ1) is 16.6. The Hall–Kier alpha value is -1.80. The normalized spacial score (nSPS) is 11.5. The molecule has 0 spiro atoms. The van der Waals surface area contributed by atoms with Crippen molar-refractivity contribution in [3.05, 3.63) is 39.0 Å². The number of nitrogens with one attached hydrogen (secondary N) is 1. The Balaban J connectivity index is 2.35. The number of carboxylic acid groups (broad SMARTS) is 1. The van der Waals surface area contributed by atoms with E-state index in [2.05, 4.69) is 31.1 Å². The lowest BCUT2D eigenvalue weighted by atomic mass is 10.2. The summed E-state index contributed by atoms with van der Waals surface area (Å²) in [6.45, 7) is 1.94. The van der Waals surface area contributed by atoms with Crippen LogP contribution >= 0.6 is 27.7 Å². The van der Waals surface area contributed by atoms with Gasteiger partial charge in [-0.1, -0.05) is 22.9 Å². The Kier molecular flexibility index (Phi) is 5.62. The fourth-order valence-corrected chi connectivity index (χ4v) is 2.77. The van der Waals surface area contributed by atoms with Crippen LogP contribution in [0.2, 0.25) is 0 Å². The summed E-state index contributed by atoms with van der Waals surface area (Å²) in [4.78, 5) is 15.8. The highest BCUT2D eigenvalue weighted by atomic mass is 79.9. The highest BCUT2D eigenvalue weighted by Gasteiger charge is 2.14. The lowest BCUT2D eigenvalue weighted by Gasteiger charge is -2.06. The minimum Gasteiger partial charge on any atom is -0.496 e. The van der Waals surface area contributed by atoms with E-state index in [1.807, 2.05) is 13.0 Å². The largest absolute Gasteiger partial charge is 0.496 e. The Bertz CT molecular complexity index is 715. The van der Waals surface area contributed by atoms with E-state index in [1.165, 1.54) is 7.11 Å². The van der Waals surface area contributed by atoms with Gasteiger partial charge in [-0.05, 0) is 36.0 Å². The maximum Gasteiger partial charge on any atom is 0.342 e. The number of ether oxygens (including phenoxy) is 1. The van der Waals surface area contributed by atoms with E-state index >= 15 is 0 Å². The molecule has 8 heteroatoms. The number of halogens is 1. The van der Waals surface area contributed by atoms with E-state index in [0.29, 0.717) is 28.7 Å². The molecule has 0 bridgehead atoms. The first-order chi connectivity index (χ1) is 10.5. The maximum absolute atomic E-state index is 11.5. The van der Waals surface area contributed by atoms with Crippen molar-refractivity contribution in [2.24, 2.45) is 0 Å². The number of benzene rings is 1. The summed E-state index contributed by atoms with van der Waals surface area (Å²) in [7, 11) is 1.54. The van der Waals surface area contributed by atoms with Gasteiger partial charge in [0.1, 0.15) is 16.5 Å². The van der Waals surface area contributed by atoms with Crippen LogP contribution in [0.5, 0.6) is 5.75 Å². The molecule has 1 aromatic carbocycles. The Morgan fingerprint density at radius 2 is 2.32 bits per heavy atom. The lowest BCUT2D eigenvalue weighted by molar-refractivity contribution is -0.131. The van der Waals surface area contributed by atoms with Crippen molar-refractivity contribution in [1.29, 1.82) is 0 Å². The summed E-state index contributed by atoms with van der Waals surface area (Å²) in [5.41, 5.74) is 0.660. The molecule has 6 nitrogen and oxygen atoms in total. The van der Waals surface area contributed by atoms with Crippen LogP contribution in [0.25, 0.3) is 6.08 Å². The predicted octanol–water partition coefficient (Wildman–Crippen LogP) is 3.36. The zero-order valence-electron chi connectivity index (χ0n) is 12.0. The van der Waals surface area contributed by atoms with Gasteiger partial charge in [0.2, 0.25) is 5.16 Å². The van der Waals surface area contributed by atoms with Crippen molar-refractivity contribution in [2.45, 2.75) is 18.5 Å². The molecule has 0 saturated heterocycles. The van der Waals surface area contributed by atoms with Gasteiger partial charge in [0.15, 0.2) is 0 Å². The second-order valence-electron chi connectivity index (χ2n) is 4.22. The second-order valence-corrected chi connectivity index (χ2v) is 6.15. The molecule has 0 unspecified atom stereocenters. The summed E-state index contributed by atoms with van der Waals surface area (Å²) < 4.78 is 6.08. The molecule has 0 amide bonds. The third-order valence-corrected chi connectivity index (χ3v) is 4.11. The molecular formula is C14H14BrN3O3S. The molecule has 0 saturated carbocycles. The number of hydrogen-bond acceptors (Lipinski definition) is 5. The van der Waals surface area contributed by atoms with Gasteiger partial charge in [0.25, 0.3) is 0 Å². The van der Waals surface area contributed by atoms with Crippen molar-refractivity contribution in [1.82, 2.24) is 15.2 Å². The van der Waals surface area contributed by atoms with Crippen molar-refractivity contribution in [3.8, 4) is 5.75 Å². The van der Waals surface area contributed by atoms with Gasteiger partial charge in [0, 0.05) is 16.5 Å². The van der Waals surface area contributed by atoms with Gasteiger partial charge in [-0.2, -0.15) is 0 Å². The van der Waals surface area contributed by atoms with Gasteiger partial charge in [-0.25, -0.2) is 9.78 Å². The third kappa shape index (κ3) is 4.11. The van der Waals surface area contributed by atoms with Crippen LogP contribution in [0.3, 0.4) is 0 Å². The minimum atomic E-state index is -1.05. The summed E-state index contributed by atoms with van der Waals surface area (Å²) in [6.07, 6.45) is 2.25. The summed E-state index contributed by atoms with van der Waals surface area (Å²) in [5.74, 6) is 0.258. The summed E-state index contributed by atoms with van der Waals surface area (Å²) >= 11 is 4.35. The fourth-order valence-electron chi connectivity index (χ4n) is 1.67. The smallest absolute Gasteiger partial charge is 0.342 e. The monoisotopic (exact) mass is 383 g/mol. The standard InChI is InChI=1S/C14H14BrN3O3S/c1-3-12-16-14(18-17-12)22-11(13(19)20)7-8-6-9(15)4-5-10(8)21-2/h4-7H,3H2,1-2H3,(H,19,20)(H,16,17,18)/b11-7-. The van der Waals surface area contributed by atoms with Crippen molar-refractivity contribution >= 4 is 39.7 Å². The lowest BCUT2D eigenvalue weighted by Crippen LogP contribution is -1.98. The van der Waals surface area contributed by atoms with E-state index in [-0.39, 0.29) is 4.91 Å². The molecule has 0 aliphatic rings. The Morgan fingerprint density at radius 1 is 1.55 bits per heavy atom. The van der Waals surface area contributed by atoms with Crippen molar-refractivity contribution < 1.29 is 14.6 Å². The number of nitrogens with zero attached hydrogens (tertiary/aromatic N) is 2. The summed E-state index contributed by atoms with van der Waals surface area (Å²) in [6, 6.07) is 5.38. The van der Waals surface area contributed by atoms with E-state index in [9.17, 15) is 9.90 Å². The van der Waals surface area contributed by atoms with Crippen LogP contribution in [0.1, 0.15) is 18.3 Å². The maximum atomic E-state index is 11.5. The highest BCUT2D eigenvalue weighted by Crippen LogP contribution is 2.30. The number of hydrogen-bond donors (Lipinski definition) is 2. The minimum absolute atomic E-state index is 0.109. The molecule has 1 heterocycles. The molecule has 0 aliphatic carbocycles. The number of aryl methyl sites for hydroxylation is 1. The molecule has 0 radical (unpaired) electrons. The molecule has 0 atom stereocenters. The number of carboxylic acids is 1. The van der Waals surface area contributed by atoms with Gasteiger partial charge in [-0.15, -0.1) is 5.10 Å². The molecular weight excluding hydrogens is 370 g/mol. The van der Waals surface area contributed by atoms with Gasteiger partial charge < -0.3 is 9.84 Å². The topological polar surface area (TPSA) is 88.1 Å². The van der Waals surface area contributed by atoms with E-state index < -0.39 is 5.97 Å². The first-order valence-corrected chi connectivity index (χ1v) is 8.02. The van der Waals surface area contributed by atoms with Gasteiger partial charge in [-0.3, -0.25) is 5.10 Å². The quantitative estimate of drug-likeness (QED) is 0.587. The van der Waals surface area contributed by atoms with Crippen LogP contribution in [0, 0.1) is 0 Å². The molecule has 2 rings (SSSR count). The Labute approximate surface area is 140 Å². The average Bonchev–Trinajstić information content (AvgIpc) is 2.94. The van der Waals surface area contributed by atoms with Crippen LogP contribution in [0.15, 0.2) is 32.7 Å². The molecule has 22 heavy (non-hydrogen) atoms. The molecule has 116 valence electrons. The first-order valence-electron chi connectivity index (χ1n) is 6.41. The van der Waals surface area contributed by atoms with Crippen LogP contribution in [0.4, 0.5) is 0 Å². The number of carbonyl (C=O) groups is 1. The molecule has 1 aromatic heterocycles. The van der Waals surface area contributed by atoms with Crippen molar-refractivity contribution in [2.75, 3.05) is 7.11 Å². The number of aromatic nitrogens is 3. The van der Waals surface area contributed by atoms with Gasteiger partial charge >= 0.3 is 5.97 Å². The number of aliphatic carboxylic acids is 1. The number of H-pyrrole nitrogens is 1. The molecule has 2 aromatic rings. The highest BCUT2D eigenvalue weighted by molar-refractivity contribution is 9.10. The summed E-state index contributed by atoms with van der Waals surface area (Å²) in [5, 5.41) is 16.5. The van der Waals surface area contributed by atoms with E-state index in [4.69, 9.17) is 4.74 Å². The van der Waals surface area contributed by atoms with Gasteiger partial charge in [0.05, 0.1) is 7.11 Å². The van der Waals surface area contributed by atoms with Crippen LogP contribution in [-0.4, -0.2) is 33.4 Å². The number of thioether (sulfide) groups is 1. The van der Waals surface area contributed by atoms with Crippen LogP contribution in [-0.2, 0) is 11.2 Å². The zero-order chi connectivity index (χ0) is 16.1. The van der Waals surface area contributed by atoms with Crippen molar-refractivity contribution in [3.63, 3.8) is 0 Å². The molecule has 0 aliphatic heterocycles.